The van der Waals surface area contributed by atoms with Crippen LogP contribution in [0.1, 0.15) is 73.2 Å². The van der Waals surface area contributed by atoms with E-state index in [0.29, 0.717) is 73.0 Å². The van der Waals surface area contributed by atoms with Gasteiger partial charge < -0.3 is 24.1 Å². The van der Waals surface area contributed by atoms with Crippen molar-refractivity contribution in [3.63, 3.8) is 0 Å². The fourth-order valence-corrected chi connectivity index (χ4v) is 3.34. The van der Waals surface area contributed by atoms with Gasteiger partial charge in [0.15, 0.2) is 17.3 Å². The Hall–Kier alpha value is -3.22. The van der Waals surface area contributed by atoms with Crippen LogP contribution in [-0.4, -0.2) is 43.8 Å². The zero-order valence-corrected chi connectivity index (χ0v) is 21.0. The summed E-state index contributed by atoms with van der Waals surface area (Å²) in [7, 11) is 1.54. The fraction of sp³-hybridized carbons (Fsp3) is 0.481. The van der Waals surface area contributed by atoms with E-state index < -0.39 is 5.97 Å². The number of unbranched alkanes of at least 4 members (excludes halogenated alkanes) is 1. The Morgan fingerprint density at radius 2 is 1.56 bits per heavy atom. The molecule has 0 atom stereocenters. The summed E-state index contributed by atoms with van der Waals surface area (Å²) in [5.74, 6) is 1.05. The summed E-state index contributed by atoms with van der Waals surface area (Å²) >= 11 is 0. The first-order valence-electron chi connectivity index (χ1n) is 11.5. The number of methoxy groups -OCH3 is 1. The molecule has 0 aromatic heterocycles. The average molecular weight is 473 g/mol. The molecule has 0 amide bonds. The quantitative estimate of drug-likeness (QED) is 0.239. The number of ketones is 1. The number of Topliss-reactive ketones (excluding diaryl/α,β-unsaturated/α-hetero) is 1. The maximum absolute atomic E-state index is 12.5. The third-order valence-corrected chi connectivity index (χ3v) is 5.10. The van der Waals surface area contributed by atoms with Gasteiger partial charge in [0.25, 0.3) is 0 Å². The van der Waals surface area contributed by atoms with Crippen molar-refractivity contribution in [2.75, 3.05) is 26.9 Å². The Morgan fingerprint density at radius 1 is 0.941 bits per heavy atom. The van der Waals surface area contributed by atoms with Gasteiger partial charge in [-0.15, -0.1) is 0 Å². The first-order valence-corrected chi connectivity index (χ1v) is 11.5. The summed E-state index contributed by atoms with van der Waals surface area (Å²) in [4.78, 5) is 24.4. The first-order chi connectivity index (χ1) is 16.1. The highest BCUT2D eigenvalue weighted by atomic mass is 16.5. The number of benzene rings is 2. The van der Waals surface area contributed by atoms with Crippen LogP contribution < -0.4 is 14.2 Å². The molecule has 7 nitrogen and oxygen atoms in total. The van der Waals surface area contributed by atoms with Crippen molar-refractivity contribution in [3.05, 3.63) is 47.0 Å². The summed E-state index contributed by atoms with van der Waals surface area (Å²) < 4.78 is 22.0. The van der Waals surface area contributed by atoms with Crippen molar-refractivity contribution >= 4 is 11.8 Å². The van der Waals surface area contributed by atoms with Crippen LogP contribution in [0.4, 0.5) is 0 Å². The lowest BCUT2D eigenvalue weighted by molar-refractivity contribution is 0.0525. The third kappa shape index (κ3) is 7.68. The molecule has 34 heavy (non-hydrogen) atoms. The topological polar surface area (TPSA) is 91.3 Å². The number of hydrogen-bond acceptors (Lipinski definition) is 7. The van der Waals surface area contributed by atoms with Crippen molar-refractivity contribution in [3.8, 4) is 23.0 Å². The van der Waals surface area contributed by atoms with Gasteiger partial charge in [-0.1, -0.05) is 20.8 Å². The van der Waals surface area contributed by atoms with Crippen LogP contribution in [0.5, 0.6) is 23.0 Å². The second kappa shape index (κ2) is 12.3. The van der Waals surface area contributed by atoms with E-state index in [1.165, 1.54) is 0 Å². The number of rotatable bonds is 12. The number of carbonyl (C=O) groups excluding carboxylic acids is 2. The number of esters is 1. The minimum atomic E-state index is -0.409. The van der Waals surface area contributed by atoms with Gasteiger partial charge in [0.1, 0.15) is 11.5 Å². The largest absolute Gasteiger partial charge is 0.507 e. The van der Waals surface area contributed by atoms with Gasteiger partial charge in [-0.2, -0.15) is 0 Å². The van der Waals surface area contributed by atoms with Crippen molar-refractivity contribution in [2.45, 2.75) is 53.9 Å². The normalized spacial score (nSPS) is 11.1. The molecule has 0 radical (unpaired) electrons. The van der Waals surface area contributed by atoms with E-state index >= 15 is 0 Å². The van der Waals surface area contributed by atoms with Crippen LogP contribution in [0.15, 0.2) is 30.3 Å². The Kier molecular flexibility index (Phi) is 9.78. The second-order valence-electron chi connectivity index (χ2n) is 9.24. The molecule has 0 unspecified atom stereocenters. The molecule has 2 aromatic rings. The summed E-state index contributed by atoms with van der Waals surface area (Å²) in [6, 6.07) is 8.28. The van der Waals surface area contributed by atoms with E-state index in [-0.39, 0.29) is 16.9 Å². The van der Waals surface area contributed by atoms with E-state index in [1.807, 2.05) is 20.8 Å². The van der Waals surface area contributed by atoms with Crippen LogP contribution in [0, 0.1) is 12.3 Å². The first kappa shape index (κ1) is 27.0. The molecule has 0 aliphatic carbocycles. The third-order valence-electron chi connectivity index (χ3n) is 5.10. The zero-order chi connectivity index (χ0) is 25.3. The smallest absolute Gasteiger partial charge is 0.338 e. The molecule has 0 aliphatic rings. The molecular weight excluding hydrogens is 436 g/mol. The summed E-state index contributed by atoms with van der Waals surface area (Å²) in [5, 5.41) is 10.5. The lowest BCUT2D eigenvalue weighted by Crippen LogP contribution is -2.13. The molecule has 0 heterocycles. The number of aromatic hydroxyl groups is 1. The molecule has 0 bridgehead atoms. The van der Waals surface area contributed by atoms with Gasteiger partial charge in [0.05, 0.1) is 38.1 Å². The SMILES string of the molecule is CCOC(=O)c1ccc(OC)c(OCCCCOc2ccc(C(=O)CC(C)(C)C)c(O)c2C)c1. The van der Waals surface area contributed by atoms with E-state index in [2.05, 4.69) is 0 Å². The van der Waals surface area contributed by atoms with Gasteiger partial charge in [0, 0.05) is 12.0 Å². The number of carbonyl (C=O) groups is 2. The molecule has 2 aromatic carbocycles. The minimum absolute atomic E-state index is 0.0244. The molecule has 0 spiro atoms. The van der Waals surface area contributed by atoms with Gasteiger partial charge in [-0.3, -0.25) is 4.79 Å². The van der Waals surface area contributed by atoms with Crippen molar-refractivity contribution in [2.24, 2.45) is 5.41 Å². The highest BCUT2D eigenvalue weighted by molar-refractivity contribution is 5.99. The molecular formula is C27H36O7. The second-order valence-corrected chi connectivity index (χ2v) is 9.24. The molecule has 0 saturated heterocycles. The Labute approximate surface area is 202 Å². The van der Waals surface area contributed by atoms with Crippen LogP contribution in [0.25, 0.3) is 0 Å². The summed E-state index contributed by atoms with van der Waals surface area (Å²) in [5.41, 5.74) is 1.13. The number of phenolic OH excluding ortho intramolecular Hbond substituents is 1. The molecule has 7 heteroatoms. The molecule has 0 fully saturated rings. The molecule has 2 rings (SSSR count). The number of hydrogen-bond donors (Lipinski definition) is 1. The predicted molar refractivity (Wildman–Crippen MR) is 130 cm³/mol. The van der Waals surface area contributed by atoms with Gasteiger partial charge in [-0.05, 0) is 62.4 Å². The monoisotopic (exact) mass is 472 g/mol. The van der Waals surface area contributed by atoms with Gasteiger partial charge in [0.2, 0.25) is 0 Å². The van der Waals surface area contributed by atoms with E-state index in [0.717, 1.165) is 0 Å². The zero-order valence-electron chi connectivity index (χ0n) is 21.0. The number of ether oxygens (including phenoxy) is 4. The lowest BCUT2D eigenvalue weighted by Gasteiger charge is -2.18. The standard InChI is InChI=1S/C27H36O7/c1-7-32-26(30)19-10-12-23(31-6)24(16-19)34-15-9-8-14-33-22-13-11-20(25(29)18(22)2)21(28)17-27(3,4)5/h10-13,16,29H,7-9,14-15,17H2,1-6H3. The van der Waals surface area contributed by atoms with E-state index in [9.17, 15) is 14.7 Å². The van der Waals surface area contributed by atoms with Crippen LogP contribution in [0.2, 0.25) is 0 Å². The van der Waals surface area contributed by atoms with Crippen molar-refractivity contribution in [1.29, 1.82) is 0 Å². The van der Waals surface area contributed by atoms with Gasteiger partial charge >= 0.3 is 5.97 Å². The lowest BCUT2D eigenvalue weighted by atomic mass is 9.87. The van der Waals surface area contributed by atoms with Crippen molar-refractivity contribution in [1.82, 2.24) is 0 Å². The molecule has 186 valence electrons. The van der Waals surface area contributed by atoms with Crippen LogP contribution >= 0.6 is 0 Å². The van der Waals surface area contributed by atoms with Crippen LogP contribution in [-0.2, 0) is 4.74 Å². The Morgan fingerprint density at radius 3 is 2.15 bits per heavy atom. The summed E-state index contributed by atoms with van der Waals surface area (Å²) in [6.45, 7) is 10.6. The Balaban J connectivity index is 1.87. The maximum Gasteiger partial charge on any atom is 0.338 e. The molecule has 0 aliphatic heterocycles. The van der Waals surface area contributed by atoms with E-state index in [4.69, 9.17) is 18.9 Å². The fourth-order valence-electron chi connectivity index (χ4n) is 3.34. The van der Waals surface area contributed by atoms with Crippen molar-refractivity contribution < 1.29 is 33.6 Å². The summed E-state index contributed by atoms with van der Waals surface area (Å²) in [6.07, 6.45) is 1.78. The average Bonchev–Trinajstić information content (AvgIpc) is 2.77. The highest BCUT2D eigenvalue weighted by Gasteiger charge is 2.21. The highest BCUT2D eigenvalue weighted by Crippen LogP contribution is 2.33. The minimum Gasteiger partial charge on any atom is -0.507 e. The predicted octanol–water partition coefficient (Wildman–Crippen LogP) is 5.74. The molecule has 0 saturated carbocycles. The van der Waals surface area contributed by atoms with E-state index in [1.54, 1.807) is 51.3 Å². The number of phenols is 1. The Bertz CT molecular complexity index is 989. The van der Waals surface area contributed by atoms with Crippen LogP contribution in [0.3, 0.4) is 0 Å². The van der Waals surface area contributed by atoms with Gasteiger partial charge in [-0.25, -0.2) is 4.79 Å². The maximum atomic E-state index is 12.5. The molecule has 1 N–H and O–H groups in total.